The molecule has 3 nitrogen and oxygen atoms in total. The van der Waals surface area contributed by atoms with Crippen LogP contribution in [0.5, 0.6) is 0 Å². The molecule has 1 aromatic heterocycles. The van der Waals surface area contributed by atoms with E-state index in [1.807, 2.05) is 24.3 Å². The molecule has 0 aliphatic heterocycles. The van der Waals surface area contributed by atoms with Gasteiger partial charge in [0.25, 0.3) is 0 Å². The van der Waals surface area contributed by atoms with Crippen molar-refractivity contribution in [2.45, 2.75) is 0 Å². The van der Waals surface area contributed by atoms with E-state index < -0.39 is 0 Å². The smallest absolute Gasteiger partial charge is 0.164 e. The Morgan fingerprint density at radius 3 is 1.27 bits per heavy atom. The fraction of sp³-hybridized carbons (Fsp3) is 0. The number of aromatic nitrogens is 3. The van der Waals surface area contributed by atoms with Gasteiger partial charge in [-0.05, 0) is 99.7 Å². The maximum absolute atomic E-state index is 5.14. The molecule has 0 aliphatic rings. The van der Waals surface area contributed by atoms with E-state index in [-0.39, 0.29) is 0 Å². The first kappa shape index (κ1) is 37.2. The highest BCUT2D eigenvalue weighted by molar-refractivity contribution is 6.20. The van der Waals surface area contributed by atoms with Crippen LogP contribution in [-0.4, -0.2) is 15.0 Å². The maximum atomic E-state index is 5.14. The summed E-state index contributed by atoms with van der Waals surface area (Å²) in [5.41, 5.74) is 12.3. The van der Waals surface area contributed by atoms with Gasteiger partial charge in [-0.15, -0.1) is 0 Å². The van der Waals surface area contributed by atoms with Crippen LogP contribution in [0, 0.1) is 0 Å². The van der Waals surface area contributed by atoms with E-state index in [0.717, 1.165) is 44.2 Å². The molecule has 0 N–H and O–H groups in total. The summed E-state index contributed by atoms with van der Waals surface area (Å²) in [5, 5.41) is 9.84. The fourth-order valence-corrected chi connectivity index (χ4v) is 9.33. The summed E-state index contributed by atoms with van der Waals surface area (Å²) in [6.45, 7) is 0. The maximum Gasteiger partial charge on any atom is 0.164 e. The van der Waals surface area contributed by atoms with Crippen molar-refractivity contribution < 1.29 is 0 Å². The van der Waals surface area contributed by atoms with Gasteiger partial charge < -0.3 is 0 Å². The lowest BCUT2D eigenvalue weighted by Gasteiger charge is -2.15. The molecule has 0 fully saturated rings. The second kappa shape index (κ2) is 15.7. The largest absolute Gasteiger partial charge is 0.208 e. The van der Waals surface area contributed by atoms with Crippen LogP contribution in [0.1, 0.15) is 0 Å². The van der Waals surface area contributed by atoms with E-state index >= 15 is 0 Å². The molecule has 0 amide bonds. The van der Waals surface area contributed by atoms with Gasteiger partial charge in [0.15, 0.2) is 17.5 Å². The van der Waals surface area contributed by atoms with Gasteiger partial charge in [-0.25, -0.2) is 15.0 Å². The van der Waals surface area contributed by atoms with Crippen LogP contribution < -0.4 is 0 Å². The molecule has 0 unspecified atom stereocenters. The third-order valence-corrected chi connectivity index (χ3v) is 12.6. The molecule has 64 heavy (non-hydrogen) atoms. The number of hydrogen-bond donors (Lipinski definition) is 0. The molecule has 0 bridgehead atoms. The Labute approximate surface area is 371 Å². The Balaban J connectivity index is 0.890. The number of benzene rings is 11. The molecule has 0 saturated carbocycles. The zero-order valence-electron chi connectivity index (χ0n) is 34.9. The highest BCUT2D eigenvalue weighted by Gasteiger charge is 2.17. The molecule has 0 aliphatic carbocycles. The normalized spacial score (nSPS) is 11.4. The Hall–Kier alpha value is -8.53. The standard InChI is InChI=1S/C61H39N3/c1-3-13-40(14-4-1)41-27-33-48(34-28-41)60-62-59(47-16-5-2-6-17-47)63-61(64-60)56-38-37-51(53-21-11-12-22-54(53)56)45-29-23-42(24-30-45)43-25-31-46(32-26-43)58-52-20-10-8-18-49(52)39-57-50-19-9-7-15-44(50)35-36-55(57)58/h1-39H. The first-order chi connectivity index (χ1) is 31.7. The summed E-state index contributed by atoms with van der Waals surface area (Å²) in [5.74, 6) is 1.92. The second-order valence-electron chi connectivity index (χ2n) is 16.3. The summed E-state index contributed by atoms with van der Waals surface area (Å²) in [7, 11) is 0. The average Bonchev–Trinajstić information content (AvgIpc) is 3.38. The van der Waals surface area contributed by atoms with Gasteiger partial charge in [-0.1, -0.05) is 224 Å². The third-order valence-electron chi connectivity index (χ3n) is 12.6. The predicted molar refractivity (Wildman–Crippen MR) is 268 cm³/mol. The second-order valence-corrected chi connectivity index (χ2v) is 16.3. The van der Waals surface area contributed by atoms with Crippen LogP contribution in [0.3, 0.4) is 0 Å². The van der Waals surface area contributed by atoms with Crippen molar-refractivity contribution in [2.24, 2.45) is 0 Å². The van der Waals surface area contributed by atoms with E-state index in [0.29, 0.717) is 17.5 Å². The lowest BCUT2D eigenvalue weighted by atomic mass is 9.89. The molecule has 11 aromatic carbocycles. The fourth-order valence-electron chi connectivity index (χ4n) is 9.33. The van der Waals surface area contributed by atoms with Crippen molar-refractivity contribution in [3.8, 4) is 78.7 Å². The highest BCUT2D eigenvalue weighted by atomic mass is 15.0. The van der Waals surface area contributed by atoms with E-state index in [9.17, 15) is 0 Å². The number of rotatable bonds is 7. The van der Waals surface area contributed by atoms with Crippen LogP contribution in [0.25, 0.3) is 122 Å². The minimum Gasteiger partial charge on any atom is -0.208 e. The summed E-state index contributed by atoms with van der Waals surface area (Å²) >= 11 is 0. The Kier molecular flexibility index (Phi) is 9.16. The first-order valence-electron chi connectivity index (χ1n) is 21.8. The summed E-state index contributed by atoms with van der Waals surface area (Å²) in [6, 6.07) is 84.3. The lowest BCUT2D eigenvalue weighted by Crippen LogP contribution is -2.00. The number of hydrogen-bond acceptors (Lipinski definition) is 3. The third kappa shape index (κ3) is 6.68. The molecule has 0 radical (unpaired) electrons. The van der Waals surface area contributed by atoms with Gasteiger partial charge in [0, 0.05) is 16.7 Å². The van der Waals surface area contributed by atoms with Gasteiger partial charge >= 0.3 is 0 Å². The summed E-state index contributed by atoms with van der Waals surface area (Å²) in [6.07, 6.45) is 0. The first-order valence-corrected chi connectivity index (χ1v) is 21.8. The SMILES string of the molecule is c1ccc(-c2ccc(-c3nc(-c4ccccc4)nc(-c4ccc(-c5ccc(-c6ccc(-c7c8ccccc8cc8c7ccc7ccccc78)cc6)cc5)c5ccccc45)n3)cc2)cc1. The molecule has 12 aromatic rings. The molecule has 0 saturated heterocycles. The topological polar surface area (TPSA) is 38.7 Å². The van der Waals surface area contributed by atoms with Gasteiger partial charge in [-0.2, -0.15) is 0 Å². The molecule has 298 valence electrons. The Morgan fingerprint density at radius 1 is 0.203 bits per heavy atom. The lowest BCUT2D eigenvalue weighted by molar-refractivity contribution is 1.08. The van der Waals surface area contributed by atoms with Gasteiger partial charge in [0.1, 0.15) is 0 Å². The molecular formula is C61H39N3. The van der Waals surface area contributed by atoms with Crippen molar-refractivity contribution >= 4 is 43.1 Å². The van der Waals surface area contributed by atoms with Gasteiger partial charge in [0.05, 0.1) is 0 Å². The van der Waals surface area contributed by atoms with Gasteiger partial charge in [-0.3, -0.25) is 0 Å². The van der Waals surface area contributed by atoms with Crippen molar-refractivity contribution in [2.75, 3.05) is 0 Å². The summed E-state index contributed by atoms with van der Waals surface area (Å²) < 4.78 is 0. The van der Waals surface area contributed by atoms with Gasteiger partial charge in [0.2, 0.25) is 0 Å². The van der Waals surface area contributed by atoms with Crippen LogP contribution in [0.15, 0.2) is 237 Å². The monoisotopic (exact) mass is 813 g/mol. The van der Waals surface area contributed by atoms with Crippen molar-refractivity contribution in [3.05, 3.63) is 237 Å². The minimum absolute atomic E-state index is 0.638. The van der Waals surface area contributed by atoms with E-state index in [4.69, 9.17) is 15.0 Å². The van der Waals surface area contributed by atoms with Crippen LogP contribution >= 0.6 is 0 Å². The Morgan fingerprint density at radius 2 is 0.625 bits per heavy atom. The van der Waals surface area contributed by atoms with E-state index in [1.165, 1.54) is 60.1 Å². The predicted octanol–water partition coefficient (Wildman–Crippen LogP) is 16.2. The zero-order chi connectivity index (χ0) is 42.4. The van der Waals surface area contributed by atoms with Crippen molar-refractivity contribution in [3.63, 3.8) is 0 Å². The minimum atomic E-state index is 0.638. The quantitative estimate of drug-likeness (QED) is 0.119. The van der Waals surface area contributed by atoms with Crippen molar-refractivity contribution in [1.82, 2.24) is 15.0 Å². The van der Waals surface area contributed by atoms with Crippen LogP contribution in [-0.2, 0) is 0 Å². The summed E-state index contributed by atoms with van der Waals surface area (Å²) in [4.78, 5) is 15.3. The van der Waals surface area contributed by atoms with E-state index in [1.54, 1.807) is 0 Å². The number of nitrogens with zero attached hydrogens (tertiary/aromatic N) is 3. The average molecular weight is 814 g/mol. The highest BCUT2D eigenvalue weighted by Crippen LogP contribution is 2.41. The Bertz CT molecular complexity index is 3670. The molecule has 0 spiro atoms. The number of fused-ring (bicyclic) bond motifs is 5. The van der Waals surface area contributed by atoms with Crippen molar-refractivity contribution in [1.29, 1.82) is 0 Å². The molecule has 1 heterocycles. The molecule has 0 atom stereocenters. The van der Waals surface area contributed by atoms with Crippen LogP contribution in [0.4, 0.5) is 0 Å². The van der Waals surface area contributed by atoms with E-state index in [2.05, 4.69) is 212 Å². The molecule has 3 heteroatoms. The molecule has 12 rings (SSSR count). The van der Waals surface area contributed by atoms with Crippen LogP contribution in [0.2, 0.25) is 0 Å². The zero-order valence-corrected chi connectivity index (χ0v) is 34.9. The molecular weight excluding hydrogens is 775 g/mol.